The van der Waals surface area contributed by atoms with Crippen LogP contribution in [0.15, 0.2) is 205 Å². The molecule has 0 saturated carbocycles. The number of fused-ring (bicyclic) bond motifs is 6. The summed E-state index contributed by atoms with van der Waals surface area (Å²) < 4.78 is 6.34. The highest BCUT2D eigenvalue weighted by Crippen LogP contribution is 2.58. The number of rotatable bonds is 6. The summed E-state index contributed by atoms with van der Waals surface area (Å²) in [5, 5.41) is 2.01. The molecule has 262 valence electrons. The van der Waals surface area contributed by atoms with Crippen molar-refractivity contribution >= 4 is 21.9 Å². The highest BCUT2D eigenvalue weighted by atomic mass is 16.3. The Kier molecular flexibility index (Phi) is 7.36. The van der Waals surface area contributed by atoms with Gasteiger partial charge in [0.1, 0.15) is 11.2 Å². The standard InChI is InChI=1S/C52H33N3O/c1-4-17-34(18-5-1)35-19-14-20-36(33-35)49-53-50(55-51(54-49)42-28-16-32-46-48(42)40-26-11-13-31-45(40)56-46)41-27-15-30-44-47(41)39-25-10-12-29-43(39)52(44,37-21-6-2-7-22-37)38-23-8-3-9-24-38/h1-33H. The predicted octanol–water partition coefficient (Wildman–Crippen LogP) is 12.8. The molecule has 11 rings (SSSR count). The molecule has 2 aromatic heterocycles. The molecule has 1 aliphatic rings. The Labute approximate surface area is 324 Å². The van der Waals surface area contributed by atoms with Crippen molar-refractivity contribution in [2.45, 2.75) is 5.41 Å². The van der Waals surface area contributed by atoms with Gasteiger partial charge in [-0.1, -0.05) is 182 Å². The van der Waals surface area contributed by atoms with E-state index in [0.29, 0.717) is 17.5 Å². The Hall–Kier alpha value is -7.43. The molecule has 0 saturated heterocycles. The van der Waals surface area contributed by atoms with Crippen LogP contribution in [-0.2, 0) is 5.41 Å². The van der Waals surface area contributed by atoms with E-state index in [1.165, 1.54) is 27.8 Å². The van der Waals surface area contributed by atoms with E-state index in [9.17, 15) is 0 Å². The molecule has 0 radical (unpaired) electrons. The molecule has 10 aromatic rings. The van der Waals surface area contributed by atoms with Crippen molar-refractivity contribution in [2.24, 2.45) is 0 Å². The first-order valence-corrected chi connectivity index (χ1v) is 18.9. The lowest BCUT2D eigenvalue weighted by Crippen LogP contribution is -2.28. The van der Waals surface area contributed by atoms with Crippen molar-refractivity contribution in [3.05, 3.63) is 222 Å². The Morgan fingerprint density at radius 3 is 1.66 bits per heavy atom. The summed E-state index contributed by atoms with van der Waals surface area (Å²) in [6.45, 7) is 0. The molecule has 0 aliphatic heterocycles. The molecule has 0 fully saturated rings. The maximum absolute atomic E-state index is 6.34. The van der Waals surface area contributed by atoms with Gasteiger partial charge in [-0.15, -0.1) is 0 Å². The summed E-state index contributed by atoms with van der Waals surface area (Å²) in [4.78, 5) is 16.0. The topological polar surface area (TPSA) is 51.8 Å². The van der Waals surface area contributed by atoms with Gasteiger partial charge < -0.3 is 4.42 Å². The van der Waals surface area contributed by atoms with E-state index in [4.69, 9.17) is 19.4 Å². The zero-order valence-electron chi connectivity index (χ0n) is 30.3. The number of hydrogen-bond donors (Lipinski definition) is 0. The summed E-state index contributed by atoms with van der Waals surface area (Å²) >= 11 is 0. The normalized spacial score (nSPS) is 12.8. The van der Waals surface area contributed by atoms with Crippen molar-refractivity contribution in [1.82, 2.24) is 15.0 Å². The Bertz CT molecular complexity index is 3040. The maximum Gasteiger partial charge on any atom is 0.164 e. The van der Waals surface area contributed by atoms with E-state index in [2.05, 4.69) is 164 Å². The van der Waals surface area contributed by atoms with Crippen LogP contribution in [0.25, 0.3) is 78.4 Å². The van der Waals surface area contributed by atoms with E-state index in [0.717, 1.165) is 55.3 Å². The van der Waals surface area contributed by atoms with Crippen LogP contribution in [-0.4, -0.2) is 15.0 Å². The second kappa shape index (κ2) is 12.9. The molecule has 2 heterocycles. The predicted molar refractivity (Wildman–Crippen MR) is 226 cm³/mol. The van der Waals surface area contributed by atoms with Crippen LogP contribution in [0.5, 0.6) is 0 Å². The summed E-state index contributed by atoms with van der Waals surface area (Å²) in [5.74, 6) is 1.81. The smallest absolute Gasteiger partial charge is 0.164 e. The molecule has 1 aliphatic carbocycles. The van der Waals surface area contributed by atoms with E-state index >= 15 is 0 Å². The van der Waals surface area contributed by atoms with Crippen LogP contribution >= 0.6 is 0 Å². The molecule has 0 atom stereocenters. The summed E-state index contributed by atoms with van der Waals surface area (Å²) in [6, 6.07) is 70.3. The fraction of sp³-hybridized carbons (Fsp3) is 0.0192. The minimum atomic E-state index is -0.547. The highest BCUT2D eigenvalue weighted by molar-refractivity contribution is 6.11. The molecule has 0 N–H and O–H groups in total. The van der Waals surface area contributed by atoms with Gasteiger partial charge in [-0.3, -0.25) is 0 Å². The van der Waals surface area contributed by atoms with Gasteiger partial charge in [-0.2, -0.15) is 0 Å². The Balaban J connectivity index is 1.21. The van der Waals surface area contributed by atoms with E-state index in [-0.39, 0.29) is 0 Å². The summed E-state index contributed by atoms with van der Waals surface area (Å²) in [6.07, 6.45) is 0. The van der Waals surface area contributed by atoms with Crippen molar-refractivity contribution in [1.29, 1.82) is 0 Å². The number of para-hydroxylation sites is 1. The molecule has 4 nitrogen and oxygen atoms in total. The van der Waals surface area contributed by atoms with Crippen LogP contribution in [0.3, 0.4) is 0 Å². The van der Waals surface area contributed by atoms with Crippen molar-refractivity contribution in [2.75, 3.05) is 0 Å². The van der Waals surface area contributed by atoms with Crippen molar-refractivity contribution < 1.29 is 4.42 Å². The zero-order valence-corrected chi connectivity index (χ0v) is 30.3. The Morgan fingerprint density at radius 2 is 0.875 bits per heavy atom. The zero-order chi connectivity index (χ0) is 37.1. The van der Waals surface area contributed by atoms with Crippen molar-refractivity contribution in [3.63, 3.8) is 0 Å². The molecular weight excluding hydrogens is 683 g/mol. The van der Waals surface area contributed by atoms with Gasteiger partial charge in [0.05, 0.1) is 5.41 Å². The third-order valence-corrected chi connectivity index (χ3v) is 11.2. The SMILES string of the molecule is c1ccc(-c2cccc(-c3nc(-c4cccc5c4-c4ccccc4C5(c4ccccc4)c4ccccc4)nc(-c4cccc5oc6ccccc6c45)n3)c2)cc1. The van der Waals surface area contributed by atoms with Gasteiger partial charge >= 0.3 is 0 Å². The summed E-state index contributed by atoms with van der Waals surface area (Å²) in [5.41, 5.74) is 13.2. The molecule has 0 spiro atoms. The third-order valence-electron chi connectivity index (χ3n) is 11.2. The van der Waals surface area contributed by atoms with Crippen molar-refractivity contribution in [3.8, 4) is 56.4 Å². The molecular formula is C52H33N3O. The first-order chi connectivity index (χ1) is 27.8. The number of nitrogens with zero attached hydrogens (tertiary/aromatic N) is 3. The van der Waals surface area contributed by atoms with Gasteiger partial charge in [-0.25, -0.2) is 15.0 Å². The minimum Gasteiger partial charge on any atom is -0.456 e. The lowest BCUT2D eigenvalue weighted by Gasteiger charge is -2.33. The van der Waals surface area contributed by atoms with E-state index in [1.54, 1.807) is 0 Å². The molecule has 4 heteroatoms. The van der Waals surface area contributed by atoms with E-state index < -0.39 is 5.41 Å². The second-order valence-corrected chi connectivity index (χ2v) is 14.3. The fourth-order valence-corrected chi connectivity index (χ4v) is 8.85. The van der Waals surface area contributed by atoms with Crippen LogP contribution in [0.2, 0.25) is 0 Å². The first-order valence-electron chi connectivity index (χ1n) is 18.9. The number of aromatic nitrogens is 3. The number of hydrogen-bond acceptors (Lipinski definition) is 4. The highest BCUT2D eigenvalue weighted by Gasteiger charge is 2.47. The van der Waals surface area contributed by atoms with Gasteiger partial charge in [0, 0.05) is 27.5 Å². The molecule has 0 amide bonds. The average molecular weight is 716 g/mol. The third kappa shape index (κ3) is 4.89. The molecule has 0 unspecified atom stereocenters. The van der Waals surface area contributed by atoms with Gasteiger partial charge in [0.2, 0.25) is 0 Å². The summed E-state index contributed by atoms with van der Waals surface area (Å²) in [7, 11) is 0. The largest absolute Gasteiger partial charge is 0.456 e. The molecule has 56 heavy (non-hydrogen) atoms. The second-order valence-electron chi connectivity index (χ2n) is 14.3. The lowest BCUT2D eigenvalue weighted by atomic mass is 9.67. The van der Waals surface area contributed by atoms with Crippen LogP contribution in [0.1, 0.15) is 22.3 Å². The van der Waals surface area contributed by atoms with Crippen LogP contribution < -0.4 is 0 Å². The quantitative estimate of drug-likeness (QED) is 0.172. The molecule has 8 aromatic carbocycles. The number of furan rings is 1. The maximum atomic E-state index is 6.34. The average Bonchev–Trinajstić information content (AvgIpc) is 3.81. The first kappa shape index (κ1) is 32.0. The molecule has 0 bridgehead atoms. The van der Waals surface area contributed by atoms with Gasteiger partial charge in [-0.05, 0) is 62.7 Å². The Morgan fingerprint density at radius 1 is 0.357 bits per heavy atom. The van der Waals surface area contributed by atoms with Gasteiger partial charge in [0.25, 0.3) is 0 Å². The van der Waals surface area contributed by atoms with E-state index in [1.807, 2.05) is 36.4 Å². The van der Waals surface area contributed by atoms with Gasteiger partial charge in [0.15, 0.2) is 17.5 Å². The number of benzene rings is 8. The lowest BCUT2D eigenvalue weighted by molar-refractivity contribution is 0.669. The van der Waals surface area contributed by atoms with Crippen LogP contribution in [0.4, 0.5) is 0 Å². The van der Waals surface area contributed by atoms with Crippen LogP contribution in [0, 0.1) is 0 Å². The fourth-order valence-electron chi connectivity index (χ4n) is 8.85. The monoisotopic (exact) mass is 715 g/mol. The minimum absolute atomic E-state index is 0.547.